The maximum atomic E-state index is 12.8. The molecule has 0 bridgehead atoms. The molecule has 0 unspecified atom stereocenters. The number of hydrogen-bond donors (Lipinski definition) is 2. The molecule has 132 valence electrons. The van der Waals surface area contributed by atoms with E-state index in [9.17, 15) is 14.4 Å². The van der Waals surface area contributed by atoms with Crippen LogP contribution in [0.4, 0.5) is 4.79 Å². The molecule has 1 fully saturated rings. The average molecular weight is 329 g/mol. The number of alkyl carbamates (subject to hydrolysis) is 1. The number of hydrogen-bond acceptors (Lipinski definition) is 5. The van der Waals surface area contributed by atoms with Gasteiger partial charge in [0, 0.05) is 19.7 Å². The van der Waals surface area contributed by atoms with Gasteiger partial charge in [0.2, 0.25) is 11.8 Å². The zero-order valence-electron chi connectivity index (χ0n) is 14.4. The van der Waals surface area contributed by atoms with Gasteiger partial charge in [-0.1, -0.05) is 0 Å². The fraction of sp³-hybridized carbons (Fsp3) is 0.800. The zero-order valence-corrected chi connectivity index (χ0v) is 14.4. The van der Waals surface area contributed by atoms with E-state index >= 15 is 0 Å². The summed E-state index contributed by atoms with van der Waals surface area (Å²) in [7, 11) is 2.68. The first-order valence-corrected chi connectivity index (χ1v) is 7.80. The lowest BCUT2D eigenvalue weighted by molar-refractivity contribution is -0.142. The third kappa shape index (κ3) is 5.09. The normalized spacial score (nSPS) is 20.1. The minimum atomic E-state index is -0.903. The van der Waals surface area contributed by atoms with Crippen LogP contribution < -0.4 is 10.6 Å². The SMILES string of the molecule is COC(=O)N[C@H](C(=O)N1CCC[C@H]1C(=O)NC(C)C)[C@@H](C)OC. The van der Waals surface area contributed by atoms with E-state index in [2.05, 4.69) is 15.4 Å². The minimum absolute atomic E-state index is 0.00180. The van der Waals surface area contributed by atoms with Gasteiger partial charge in [-0.05, 0) is 33.6 Å². The average Bonchev–Trinajstić information content (AvgIpc) is 2.99. The van der Waals surface area contributed by atoms with Gasteiger partial charge in [-0.3, -0.25) is 9.59 Å². The summed E-state index contributed by atoms with van der Waals surface area (Å²) in [6, 6.07) is -1.42. The van der Waals surface area contributed by atoms with E-state index in [0.717, 1.165) is 6.42 Å². The van der Waals surface area contributed by atoms with Crippen LogP contribution in [0.5, 0.6) is 0 Å². The molecule has 0 saturated carbocycles. The second-order valence-electron chi connectivity index (χ2n) is 5.91. The number of likely N-dealkylation sites (tertiary alicyclic amines) is 1. The van der Waals surface area contributed by atoms with Crippen molar-refractivity contribution in [1.29, 1.82) is 0 Å². The van der Waals surface area contributed by atoms with Crippen LogP contribution in [-0.4, -0.2) is 67.8 Å². The van der Waals surface area contributed by atoms with E-state index in [1.54, 1.807) is 6.92 Å². The number of ether oxygens (including phenoxy) is 2. The number of carbonyl (C=O) groups is 3. The Kier molecular flexibility index (Phi) is 7.28. The lowest BCUT2D eigenvalue weighted by Gasteiger charge is -2.31. The Balaban J connectivity index is 2.88. The Morgan fingerprint density at radius 2 is 1.78 bits per heavy atom. The summed E-state index contributed by atoms with van der Waals surface area (Å²) < 4.78 is 9.74. The van der Waals surface area contributed by atoms with Crippen molar-refractivity contribution in [3.05, 3.63) is 0 Å². The predicted molar refractivity (Wildman–Crippen MR) is 83.8 cm³/mol. The molecular weight excluding hydrogens is 302 g/mol. The van der Waals surface area contributed by atoms with Crippen LogP contribution in [0, 0.1) is 0 Å². The Bertz CT molecular complexity index is 441. The third-order valence-electron chi connectivity index (χ3n) is 3.84. The van der Waals surface area contributed by atoms with Crippen LogP contribution >= 0.6 is 0 Å². The fourth-order valence-corrected chi connectivity index (χ4v) is 2.56. The summed E-state index contributed by atoms with van der Waals surface area (Å²) in [4.78, 5) is 38.0. The van der Waals surface area contributed by atoms with Gasteiger partial charge in [0.1, 0.15) is 12.1 Å². The summed E-state index contributed by atoms with van der Waals surface area (Å²) in [5.74, 6) is -0.515. The van der Waals surface area contributed by atoms with E-state index < -0.39 is 24.3 Å². The molecule has 0 aromatic heterocycles. The fourth-order valence-electron chi connectivity index (χ4n) is 2.56. The highest BCUT2D eigenvalue weighted by Gasteiger charge is 2.39. The van der Waals surface area contributed by atoms with Gasteiger partial charge in [0.05, 0.1) is 13.2 Å². The number of nitrogens with one attached hydrogen (secondary N) is 2. The van der Waals surface area contributed by atoms with Crippen molar-refractivity contribution in [3.63, 3.8) is 0 Å². The molecule has 0 aliphatic carbocycles. The Morgan fingerprint density at radius 1 is 1.13 bits per heavy atom. The lowest BCUT2D eigenvalue weighted by atomic mass is 10.1. The molecule has 1 saturated heterocycles. The first-order chi connectivity index (χ1) is 10.8. The first-order valence-electron chi connectivity index (χ1n) is 7.80. The number of nitrogens with zero attached hydrogens (tertiary/aromatic N) is 1. The molecule has 0 radical (unpaired) electrons. The number of amides is 3. The van der Waals surface area contributed by atoms with Gasteiger partial charge in [-0.15, -0.1) is 0 Å². The number of methoxy groups -OCH3 is 2. The molecule has 0 spiro atoms. The molecule has 23 heavy (non-hydrogen) atoms. The van der Waals surface area contributed by atoms with Crippen LogP contribution in [0.1, 0.15) is 33.6 Å². The highest BCUT2D eigenvalue weighted by Crippen LogP contribution is 2.20. The molecule has 1 aliphatic heterocycles. The van der Waals surface area contributed by atoms with Crippen LogP contribution in [0.25, 0.3) is 0 Å². The van der Waals surface area contributed by atoms with Crippen molar-refractivity contribution in [3.8, 4) is 0 Å². The molecular formula is C15H27N3O5. The monoisotopic (exact) mass is 329 g/mol. The van der Waals surface area contributed by atoms with Crippen molar-refractivity contribution in [1.82, 2.24) is 15.5 Å². The molecule has 0 aromatic carbocycles. The summed E-state index contributed by atoms with van der Waals surface area (Å²) in [6.07, 6.45) is 0.0933. The Morgan fingerprint density at radius 3 is 2.30 bits per heavy atom. The summed E-state index contributed by atoms with van der Waals surface area (Å²) >= 11 is 0. The summed E-state index contributed by atoms with van der Waals surface area (Å²) in [5.41, 5.74) is 0. The first kappa shape index (κ1) is 19.2. The van der Waals surface area contributed by atoms with Gasteiger partial charge in [0.15, 0.2) is 0 Å². The molecule has 3 atom stereocenters. The second kappa shape index (κ2) is 8.71. The molecule has 1 aliphatic rings. The molecule has 1 heterocycles. The molecule has 0 aromatic rings. The molecule has 2 N–H and O–H groups in total. The van der Waals surface area contributed by atoms with Crippen molar-refractivity contribution in [2.45, 2.75) is 57.8 Å². The van der Waals surface area contributed by atoms with Crippen molar-refractivity contribution < 1.29 is 23.9 Å². The second-order valence-corrected chi connectivity index (χ2v) is 5.91. The number of carbonyl (C=O) groups excluding carboxylic acids is 3. The predicted octanol–water partition coefficient (Wildman–Crippen LogP) is 0.262. The van der Waals surface area contributed by atoms with E-state index in [1.165, 1.54) is 19.1 Å². The van der Waals surface area contributed by atoms with Gasteiger partial charge in [-0.25, -0.2) is 4.79 Å². The summed E-state index contributed by atoms with van der Waals surface area (Å²) in [5, 5.41) is 5.31. The molecule has 3 amide bonds. The maximum Gasteiger partial charge on any atom is 0.407 e. The van der Waals surface area contributed by atoms with Crippen LogP contribution in [0.2, 0.25) is 0 Å². The van der Waals surface area contributed by atoms with Crippen molar-refractivity contribution >= 4 is 17.9 Å². The van der Waals surface area contributed by atoms with Gasteiger partial charge in [0.25, 0.3) is 0 Å². The zero-order chi connectivity index (χ0) is 17.6. The van der Waals surface area contributed by atoms with Gasteiger partial charge < -0.3 is 25.0 Å². The lowest BCUT2D eigenvalue weighted by Crippen LogP contribution is -2.57. The highest BCUT2D eigenvalue weighted by atomic mass is 16.5. The largest absolute Gasteiger partial charge is 0.453 e. The van der Waals surface area contributed by atoms with Crippen LogP contribution in [0.15, 0.2) is 0 Å². The topological polar surface area (TPSA) is 97.0 Å². The standard InChI is InChI=1S/C15H27N3O5/c1-9(2)16-13(19)11-7-6-8-18(11)14(20)12(10(3)22-4)17-15(21)23-5/h9-12H,6-8H2,1-5H3,(H,16,19)(H,17,21)/t10-,11+,12+/m1/s1. The molecule has 1 rings (SSSR count). The Hall–Kier alpha value is -1.83. The van der Waals surface area contributed by atoms with Crippen LogP contribution in [-0.2, 0) is 19.1 Å². The van der Waals surface area contributed by atoms with E-state index in [-0.39, 0.29) is 17.9 Å². The maximum absolute atomic E-state index is 12.8. The third-order valence-corrected chi connectivity index (χ3v) is 3.84. The minimum Gasteiger partial charge on any atom is -0.453 e. The van der Waals surface area contributed by atoms with E-state index in [4.69, 9.17) is 4.74 Å². The Labute approximate surface area is 136 Å². The van der Waals surface area contributed by atoms with E-state index in [1.807, 2.05) is 13.8 Å². The molecule has 8 heteroatoms. The highest BCUT2D eigenvalue weighted by molar-refractivity contribution is 5.92. The van der Waals surface area contributed by atoms with Gasteiger partial charge in [-0.2, -0.15) is 0 Å². The quantitative estimate of drug-likeness (QED) is 0.729. The smallest absolute Gasteiger partial charge is 0.407 e. The van der Waals surface area contributed by atoms with Crippen molar-refractivity contribution in [2.75, 3.05) is 20.8 Å². The molecule has 8 nitrogen and oxygen atoms in total. The summed E-state index contributed by atoms with van der Waals surface area (Å²) in [6.45, 7) is 5.89. The number of rotatable bonds is 6. The van der Waals surface area contributed by atoms with Gasteiger partial charge >= 0.3 is 6.09 Å². The van der Waals surface area contributed by atoms with Crippen molar-refractivity contribution in [2.24, 2.45) is 0 Å². The van der Waals surface area contributed by atoms with E-state index in [0.29, 0.717) is 13.0 Å². The van der Waals surface area contributed by atoms with Crippen LogP contribution in [0.3, 0.4) is 0 Å².